The molecule has 622 valence electrons. The van der Waals surface area contributed by atoms with Gasteiger partial charge in [0.2, 0.25) is 0 Å². The molecule has 0 spiro atoms. The van der Waals surface area contributed by atoms with Crippen LogP contribution in [0.4, 0.5) is 34.1 Å². The molecule has 4 heteroatoms. The highest BCUT2D eigenvalue weighted by Gasteiger charge is 2.49. The topological polar surface area (TPSA) is 24.9 Å². The summed E-state index contributed by atoms with van der Waals surface area (Å²) in [5.74, 6) is 6.18. The fourth-order valence-electron chi connectivity index (χ4n) is 22.6. The van der Waals surface area contributed by atoms with Crippen LogP contribution >= 0.6 is 0 Å². The maximum absolute atomic E-state index is 6.94. The average molecular weight is 1640 g/mol. The molecular formula is C122H112N2O2. The molecule has 0 N–H and O–H groups in total. The molecule has 20 rings (SSSR count). The number of nitrogens with zero attached hydrogens (tertiary/aromatic N) is 2. The second-order valence-corrected chi connectivity index (χ2v) is 38.6. The Morgan fingerprint density at radius 2 is 0.571 bits per heavy atom. The number of benzene rings is 16. The Hall–Kier alpha value is -13.3. The Morgan fingerprint density at radius 1 is 0.254 bits per heavy atom. The zero-order valence-electron chi connectivity index (χ0n) is 75.0. The predicted octanol–water partition coefficient (Wildman–Crippen LogP) is 33.0. The minimum absolute atomic E-state index is 0.155. The molecule has 0 bridgehead atoms. The van der Waals surface area contributed by atoms with E-state index in [0.29, 0.717) is 35.5 Å². The van der Waals surface area contributed by atoms with Crippen molar-refractivity contribution >= 4 is 34.1 Å². The Labute approximate surface area is 746 Å². The van der Waals surface area contributed by atoms with Crippen molar-refractivity contribution < 1.29 is 9.47 Å². The summed E-state index contributed by atoms with van der Waals surface area (Å²) in [6.45, 7) is 30.6. The van der Waals surface area contributed by atoms with Crippen molar-refractivity contribution in [2.45, 2.75) is 143 Å². The molecule has 0 fully saturated rings. The van der Waals surface area contributed by atoms with Crippen LogP contribution in [-0.2, 0) is 28.1 Å². The third kappa shape index (κ3) is 14.0. The summed E-state index contributed by atoms with van der Waals surface area (Å²) >= 11 is 0. The van der Waals surface area contributed by atoms with Gasteiger partial charge >= 0.3 is 0 Å². The fourth-order valence-corrected chi connectivity index (χ4v) is 22.6. The summed E-state index contributed by atoms with van der Waals surface area (Å²) in [5, 5.41) is 0. The second kappa shape index (κ2) is 32.4. The summed E-state index contributed by atoms with van der Waals surface area (Å²) in [6.07, 6.45) is 3.20. The van der Waals surface area contributed by atoms with Gasteiger partial charge in [0, 0.05) is 45.0 Å². The Balaban J connectivity index is 0.574. The highest BCUT2D eigenvalue weighted by Crippen LogP contribution is 2.62. The van der Waals surface area contributed by atoms with Gasteiger partial charge in [-0.15, -0.1) is 0 Å². The standard InChI is InChI=1S/C122H112N2O2/c1-78(2)67-109(80(5)6)85-42-54-97(55-43-85)125-99-58-46-88(47-59-99)121(87-29-17-14-18-30-87)112-39-27-24-36-102(112)107-65-52-95(76-117(107)121)124(92-33-21-16-22-34-92)94-51-64-106-104-62-41-84(73-114(104)120(12,13)116(106)75-94)72-83(9)110(68-79(3)4)86-44-56-98(57-45-86)126-100-60-48-89(49-61-100)122(90-70-81(7)69-82(8)71-90)113-40-28-25-37-103(113)108-66-53-96(77-118(108)122)123(91-31-19-15-20-32-91)93-50-63-105-101-35-23-26-38-111(101)119(10,11)115(105)74-93/h14-66,69-71,73-80,83,109-110H,67-68,72H2,1-13H3. The molecule has 0 aliphatic heterocycles. The quantitative estimate of drug-likeness (QED) is 0.0602. The van der Waals surface area contributed by atoms with Gasteiger partial charge in [0.05, 0.1) is 10.8 Å². The van der Waals surface area contributed by atoms with Gasteiger partial charge < -0.3 is 19.3 Å². The number of hydrogen-bond acceptors (Lipinski definition) is 4. The molecule has 0 aromatic heterocycles. The maximum atomic E-state index is 6.94. The fraction of sp³-hybridized carbons (Fsp3) is 0.213. The van der Waals surface area contributed by atoms with Crippen LogP contribution < -0.4 is 19.3 Å². The molecule has 0 heterocycles. The van der Waals surface area contributed by atoms with Crippen molar-refractivity contribution in [3.63, 3.8) is 0 Å². The number of anilines is 6. The number of aryl methyl sites for hydroxylation is 2. The van der Waals surface area contributed by atoms with Crippen LogP contribution in [0.3, 0.4) is 0 Å². The first-order valence-electron chi connectivity index (χ1n) is 45.8. The third-order valence-electron chi connectivity index (χ3n) is 28.4. The molecule has 5 atom stereocenters. The number of fused-ring (bicyclic) bond motifs is 12. The predicted molar refractivity (Wildman–Crippen MR) is 527 cm³/mol. The minimum Gasteiger partial charge on any atom is -0.457 e. The Kier molecular flexibility index (Phi) is 20.8. The summed E-state index contributed by atoms with van der Waals surface area (Å²) < 4.78 is 13.6. The normalized spacial score (nSPS) is 16.4. The van der Waals surface area contributed by atoms with Crippen LogP contribution in [0.1, 0.15) is 195 Å². The molecule has 5 unspecified atom stereocenters. The van der Waals surface area contributed by atoms with E-state index in [9.17, 15) is 0 Å². The Morgan fingerprint density at radius 3 is 1.00 bits per heavy atom. The van der Waals surface area contributed by atoms with E-state index in [2.05, 4.69) is 470 Å². The number of hydrogen-bond donors (Lipinski definition) is 0. The molecule has 0 amide bonds. The smallest absolute Gasteiger partial charge is 0.127 e. The van der Waals surface area contributed by atoms with E-state index in [4.69, 9.17) is 9.47 Å². The summed E-state index contributed by atoms with van der Waals surface area (Å²) in [7, 11) is 0. The van der Waals surface area contributed by atoms with E-state index < -0.39 is 10.8 Å². The van der Waals surface area contributed by atoms with Crippen molar-refractivity contribution in [2.24, 2.45) is 23.7 Å². The summed E-state index contributed by atoms with van der Waals surface area (Å²) in [4.78, 5) is 4.94. The van der Waals surface area contributed by atoms with Gasteiger partial charge in [-0.05, 0) is 318 Å². The Bertz CT molecular complexity index is 6740. The van der Waals surface area contributed by atoms with Crippen molar-refractivity contribution in [3.8, 4) is 67.5 Å². The van der Waals surface area contributed by atoms with Gasteiger partial charge in [-0.3, -0.25) is 0 Å². The van der Waals surface area contributed by atoms with E-state index in [1.165, 1.54) is 146 Å². The first kappa shape index (κ1) is 81.1. The molecule has 16 aromatic rings. The second-order valence-electron chi connectivity index (χ2n) is 38.6. The van der Waals surface area contributed by atoms with Crippen molar-refractivity contribution in [2.75, 3.05) is 9.80 Å². The molecule has 0 saturated carbocycles. The van der Waals surface area contributed by atoms with Gasteiger partial charge in [-0.2, -0.15) is 0 Å². The molecule has 4 nitrogen and oxygen atoms in total. The highest BCUT2D eigenvalue weighted by atomic mass is 16.5. The largest absolute Gasteiger partial charge is 0.457 e. The van der Waals surface area contributed by atoms with Gasteiger partial charge in [0.1, 0.15) is 23.0 Å². The molecular weight excluding hydrogens is 1530 g/mol. The van der Waals surface area contributed by atoms with Crippen LogP contribution in [0, 0.1) is 37.5 Å². The van der Waals surface area contributed by atoms with E-state index in [1.54, 1.807) is 0 Å². The van der Waals surface area contributed by atoms with Crippen molar-refractivity contribution in [1.29, 1.82) is 0 Å². The van der Waals surface area contributed by atoms with Crippen LogP contribution in [0.25, 0.3) is 44.5 Å². The van der Waals surface area contributed by atoms with Gasteiger partial charge in [-0.1, -0.05) is 336 Å². The lowest BCUT2D eigenvalue weighted by atomic mass is 9.67. The minimum atomic E-state index is -0.658. The monoisotopic (exact) mass is 1640 g/mol. The lowest BCUT2D eigenvalue weighted by molar-refractivity contribution is 0.383. The van der Waals surface area contributed by atoms with E-state index in [0.717, 1.165) is 70.0 Å². The van der Waals surface area contributed by atoms with Gasteiger partial charge in [0.25, 0.3) is 0 Å². The summed E-state index contributed by atoms with van der Waals surface area (Å²) in [5.41, 5.74) is 37.1. The average Bonchev–Trinajstić information content (AvgIpc) is 1.54. The first-order chi connectivity index (χ1) is 61.1. The number of rotatable bonds is 24. The lowest BCUT2D eigenvalue weighted by Crippen LogP contribution is -2.29. The maximum Gasteiger partial charge on any atom is 0.127 e. The zero-order chi connectivity index (χ0) is 86.5. The molecule has 4 aliphatic rings. The van der Waals surface area contributed by atoms with Crippen LogP contribution in [0.2, 0.25) is 0 Å². The molecule has 4 aliphatic carbocycles. The number of para-hydroxylation sites is 2. The SMILES string of the molecule is Cc1cc(C)cc(C2(c3ccc(Oc4ccc(C(CC(C)C)C(C)Cc5ccc6c(c5)C(C)(C)c5cc(N(c7ccccc7)c7ccc8c(c7)C(c7ccccc7)(c7ccc(Oc9ccc(C(CC(C)C)C(C)C)cc9)cc7)c7ccccc7-8)ccc5-6)cc4)cc3)c3ccccc3-c3ccc(N(c4ccccc4)c4ccc5c(c4)C(C)(C)c4ccccc4-5)cc32)c1. The van der Waals surface area contributed by atoms with Crippen LogP contribution in [-0.4, -0.2) is 0 Å². The van der Waals surface area contributed by atoms with Crippen LogP contribution in [0.15, 0.2) is 370 Å². The molecule has 0 radical (unpaired) electrons. The van der Waals surface area contributed by atoms with Crippen molar-refractivity contribution in [1.82, 2.24) is 0 Å². The first-order valence-corrected chi connectivity index (χ1v) is 45.8. The number of ether oxygens (including phenoxy) is 2. The molecule has 16 aromatic carbocycles. The van der Waals surface area contributed by atoms with Crippen molar-refractivity contribution in [3.05, 3.63) is 465 Å². The van der Waals surface area contributed by atoms with Gasteiger partial charge in [0.15, 0.2) is 0 Å². The van der Waals surface area contributed by atoms with Gasteiger partial charge in [-0.25, -0.2) is 0 Å². The lowest BCUT2D eigenvalue weighted by Gasteiger charge is -2.35. The zero-order valence-corrected chi connectivity index (χ0v) is 75.0. The van der Waals surface area contributed by atoms with Crippen LogP contribution in [0.5, 0.6) is 23.0 Å². The van der Waals surface area contributed by atoms with E-state index in [1.807, 2.05) is 0 Å². The third-order valence-corrected chi connectivity index (χ3v) is 28.4. The summed E-state index contributed by atoms with van der Waals surface area (Å²) in [6, 6.07) is 139. The molecule has 0 saturated heterocycles. The highest BCUT2D eigenvalue weighted by molar-refractivity contribution is 5.94. The van der Waals surface area contributed by atoms with E-state index >= 15 is 0 Å². The molecule has 126 heavy (non-hydrogen) atoms. The van der Waals surface area contributed by atoms with E-state index in [-0.39, 0.29) is 10.8 Å².